The first-order valence-corrected chi connectivity index (χ1v) is 9.58. The zero-order chi connectivity index (χ0) is 19.6. The Labute approximate surface area is 177 Å². The SMILES string of the molecule is C[C@H](c1ccc(Cl)c(Cl)c1)/[N+]([O-])=C(\Cn1cccn1)c1ccc(Cl)cc1Cl. The normalized spacial score (nSPS) is 13.4. The van der Waals surface area contributed by atoms with Crippen molar-refractivity contribution in [3.05, 3.63) is 91.3 Å². The molecule has 2 aromatic carbocycles. The molecule has 0 unspecified atom stereocenters. The lowest BCUT2D eigenvalue weighted by Gasteiger charge is -2.19. The molecule has 0 saturated carbocycles. The van der Waals surface area contributed by atoms with E-state index >= 15 is 0 Å². The van der Waals surface area contributed by atoms with Gasteiger partial charge in [-0.15, -0.1) is 0 Å². The van der Waals surface area contributed by atoms with Crippen molar-refractivity contribution in [1.29, 1.82) is 0 Å². The highest BCUT2D eigenvalue weighted by Crippen LogP contribution is 2.28. The summed E-state index contributed by atoms with van der Waals surface area (Å²) in [5.41, 5.74) is 1.79. The second kappa shape index (κ2) is 8.53. The highest BCUT2D eigenvalue weighted by atomic mass is 35.5. The number of nitrogens with zero attached hydrogens (tertiary/aromatic N) is 3. The van der Waals surface area contributed by atoms with Crippen LogP contribution in [0.5, 0.6) is 0 Å². The fourth-order valence-corrected chi connectivity index (χ4v) is 3.51. The molecule has 4 nitrogen and oxygen atoms in total. The summed E-state index contributed by atoms with van der Waals surface area (Å²) in [6.45, 7) is 2.04. The van der Waals surface area contributed by atoms with E-state index in [-0.39, 0.29) is 6.54 Å². The Kier molecular flexibility index (Phi) is 6.33. The molecule has 0 radical (unpaired) electrons. The van der Waals surface area contributed by atoms with Crippen LogP contribution < -0.4 is 0 Å². The summed E-state index contributed by atoms with van der Waals surface area (Å²) >= 11 is 24.5. The van der Waals surface area contributed by atoms with Gasteiger partial charge in [-0.25, -0.2) is 4.74 Å². The van der Waals surface area contributed by atoms with E-state index in [0.29, 0.717) is 31.4 Å². The van der Waals surface area contributed by atoms with Gasteiger partial charge in [0, 0.05) is 29.9 Å². The lowest BCUT2D eigenvalue weighted by molar-refractivity contribution is -0.504. The van der Waals surface area contributed by atoms with Gasteiger partial charge >= 0.3 is 0 Å². The van der Waals surface area contributed by atoms with Crippen LogP contribution in [0.2, 0.25) is 20.1 Å². The molecular formula is C19H15Cl4N3O. The molecule has 0 bridgehead atoms. The Morgan fingerprint density at radius 3 is 2.48 bits per heavy atom. The van der Waals surface area contributed by atoms with Crippen molar-refractivity contribution in [3.8, 4) is 0 Å². The Balaban J connectivity index is 2.10. The summed E-state index contributed by atoms with van der Waals surface area (Å²) in [5, 5.41) is 19.2. The van der Waals surface area contributed by atoms with Crippen molar-refractivity contribution < 1.29 is 4.74 Å². The van der Waals surface area contributed by atoms with E-state index in [2.05, 4.69) is 5.10 Å². The number of hydroxylamine groups is 1. The molecule has 0 aliphatic rings. The maximum absolute atomic E-state index is 13.3. The van der Waals surface area contributed by atoms with E-state index < -0.39 is 6.04 Å². The standard InChI is InChI=1S/C19H15Cl4N3O/c1-12(13-3-6-16(21)18(23)9-13)26(27)19(11-25-8-2-7-24-25)15-5-4-14(20)10-17(15)22/h2-10,12H,11H2,1H3/b26-19-/t12-/m1/s1. The van der Waals surface area contributed by atoms with Crippen LogP contribution in [0.25, 0.3) is 0 Å². The third-order valence-electron chi connectivity index (χ3n) is 4.16. The zero-order valence-corrected chi connectivity index (χ0v) is 17.3. The predicted molar refractivity (Wildman–Crippen MR) is 111 cm³/mol. The molecule has 27 heavy (non-hydrogen) atoms. The second-order valence-electron chi connectivity index (χ2n) is 5.95. The van der Waals surface area contributed by atoms with Gasteiger partial charge in [0.25, 0.3) is 0 Å². The fourth-order valence-electron chi connectivity index (χ4n) is 2.69. The van der Waals surface area contributed by atoms with E-state index in [1.54, 1.807) is 66.5 Å². The van der Waals surface area contributed by atoms with E-state index in [1.165, 1.54) is 0 Å². The predicted octanol–water partition coefficient (Wildman–Crippen LogP) is 6.26. The maximum Gasteiger partial charge on any atom is 0.218 e. The molecule has 0 amide bonds. The molecule has 0 saturated heterocycles. The van der Waals surface area contributed by atoms with Gasteiger partial charge < -0.3 is 5.21 Å². The van der Waals surface area contributed by atoms with Crippen LogP contribution in [0.1, 0.15) is 24.1 Å². The van der Waals surface area contributed by atoms with Crippen LogP contribution in [0.4, 0.5) is 0 Å². The average molecular weight is 443 g/mol. The number of benzene rings is 2. The molecule has 0 aliphatic heterocycles. The Bertz CT molecular complexity index is 987. The summed E-state index contributed by atoms with van der Waals surface area (Å²) < 4.78 is 2.57. The van der Waals surface area contributed by atoms with Crippen LogP contribution in [0.3, 0.4) is 0 Å². The molecule has 1 heterocycles. The van der Waals surface area contributed by atoms with Crippen LogP contribution in [-0.2, 0) is 6.54 Å². The van der Waals surface area contributed by atoms with Gasteiger partial charge in [0.1, 0.15) is 6.54 Å². The first kappa shape index (κ1) is 20.0. The molecule has 3 rings (SSSR count). The van der Waals surface area contributed by atoms with Crippen molar-refractivity contribution in [3.63, 3.8) is 0 Å². The Hall–Kier alpha value is -1.72. The van der Waals surface area contributed by atoms with E-state index in [0.717, 1.165) is 10.3 Å². The molecule has 0 aliphatic carbocycles. The molecule has 0 N–H and O–H groups in total. The lowest BCUT2D eigenvalue weighted by atomic mass is 10.1. The molecule has 8 heteroatoms. The maximum atomic E-state index is 13.3. The van der Waals surface area contributed by atoms with Crippen molar-refractivity contribution in [2.45, 2.75) is 19.5 Å². The van der Waals surface area contributed by atoms with Gasteiger partial charge in [-0.05, 0) is 36.4 Å². The monoisotopic (exact) mass is 441 g/mol. The van der Waals surface area contributed by atoms with Crippen molar-refractivity contribution in [1.82, 2.24) is 9.78 Å². The average Bonchev–Trinajstić information content (AvgIpc) is 3.14. The Morgan fingerprint density at radius 1 is 1.07 bits per heavy atom. The summed E-state index contributed by atoms with van der Waals surface area (Å²) in [6.07, 6.45) is 3.43. The molecule has 0 spiro atoms. The molecule has 1 atom stereocenters. The number of hydrogen-bond acceptors (Lipinski definition) is 2. The second-order valence-corrected chi connectivity index (χ2v) is 7.61. The molecule has 1 aromatic heterocycles. The quantitative estimate of drug-likeness (QED) is 0.202. The van der Waals surface area contributed by atoms with Crippen LogP contribution in [0, 0.1) is 5.21 Å². The summed E-state index contributed by atoms with van der Waals surface area (Å²) in [6, 6.07) is 11.5. The van der Waals surface area contributed by atoms with Crippen LogP contribution in [0.15, 0.2) is 54.9 Å². The van der Waals surface area contributed by atoms with Gasteiger partial charge in [0.05, 0.1) is 20.6 Å². The van der Waals surface area contributed by atoms with E-state index in [4.69, 9.17) is 46.4 Å². The van der Waals surface area contributed by atoms with Crippen LogP contribution in [-0.4, -0.2) is 20.2 Å². The van der Waals surface area contributed by atoms with Gasteiger partial charge in [-0.2, -0.15) is 5.10 Å². The number of halogens is 4. The smallest absolute Gasteiger partial charge is 0.218 e. The summed E-state index contributed by atoms with van der Waals surface area (Å²) in [5.74, 6) is 0. The third-order valence-corrected chi connectivity index (χ3v) is 5.44. The lowest BCUT2D eigenvalue weighted by Crippen LogP contribution is -2.25. The fraction of sp³-hybridized carbons (Fsp3) is 0.158. The minimum Gasteiger partial charge on any atom is -0.623 e. The Morgan fingerprint density at radius 2 is 1.85 bits per heavy atom. The molecular weight excluding hydrogens is 428 g/mol. The minimum absolute atomic E-state index is 0.253. The van der Waals surface area contributed by atoms with Crippen LogP contribution >= 0.6 is 46.4 Å². The van der Waals surface area contributed by atoms with Gasteiger partial charge in [-0.3, -0.25) is 4.68 Å². The summed E-state index contributed by atoms with van der Waals surface area (Å²) in [4.78, 5) is 0. The number of rotatable bonds is 5. The largest absolute Gasteiger partial charge is 0.623 e. The van der Waals surface area contributed by atoms with Crippen molar-refractivity contribution >= 4 is 52.1 Å². The molecule has 140 valence electrons. The van der Waals surface area contributed by atoms with Crippen molar-refractivity contribution in [2.75, 3.05) is 0 Å². The number of aromatic nitrogens is 2. The zero-order valence-electron chi connectivity index (χ0n) is 14.2. The topological polar surface area (TPSA) is 43.9 Å². The number of hydrogen-bond donors (Lipinski definition) is 0. The van der Waals surface area contributed by atoms with Gasteiger partial charge in [-0.1, -0.05) is 52.5 Å². The first-order chi connectivity index (χ1) is 12.9. The molecule has 3 aromatic rings. The highest BCUT2D eigenvalue weighted by Gasteiger charge is 2.23. The molecule has 0 fully saturated rings. The van der Waals surface area contributed by atoms with Crippen molar-refractivity contribution in [2.24, 2.45) is 0 Å². The van der Waals surface area contributed by atoms with E-state index in [9.17, 15) is 5.21 Å². The van der Waals surface area contributed by atoms with Gasteiger partial charge in [0.2, 0.25) is 5.71 Å². The first-order valence-electron chi connectivity index (χ1n) is 8.07. The summed E-state index contributed by atoms with van der Waals surface area (Å²) in [7, 11) is 0. The van der Waals surface area contributed by atoms with E-state index in [1.807, 2.05) is 0 Å². The van der Waals surface area contributed by atoms with Gasteiger partial charge in [0.15, 0.2) is 6.04 Å². The minimum atomic E-state index is -0.517. The third kappa shape index (κ3) is 4.58. The highest BCUT2D eigenvalue weighted by molar-refractivity contribution is 6.42.